The fourth-order valence-electron chi connectivity index (χ4n) is 4.82. The summed E-state index contributed by atoms with van der Waals surface area (Å²) in [6.45, 7) is 9.81. The third kappa shape index (κ3) is 2.65. The average molecular weight is 397 g/mol. The molecule has 2 unspecified atom stereocenters. The number of ether oxygens (including phenoxy) is 1. The molecule has 0 bridgehead atoms. The first-order valence-electron chi connectivity index (χ1n) is 10.3. The van der Waals surface area contributed by atoms with Gasteiger partial charge in [0.15, 0.2) is 0 Å². The Balaban J connectivity index is 1.34. The number of amides is 1. The van der Waals surface area contributed by atoms with Crippen LogP contribution in [0, 0.1) is 5.92 Å². The van der Waals surface area contributed by atoms with Crippen molar-refractivity contribution in [1.29, 1.82) is 0 Å². The first kappa shape index (κ1) is 18.9. The normalized spacial score (nSPS) is 29.8. The maximum Gasteiger partial charge on any atom is 0.464 e. The van der Waals surface area contributed by atoms with Crippen molar-refractivity contribution in [3.05, 3.63) is 30.1 Å². The number of carbonyl (C=O) groups excluding carboxylic acids is 1. The highest BCUT2D eigenvalue weighted by molar-refractivity contribution is 6.51. The Kier molecular flexibility index (Phi) is 3.91. The van der Waals surface area contributed by atoms with Crippen molar-refractivity contribution in [2.24, 2.45) is 5.92 Å². The molecule has 1 amide bonds. The van der Waals surface area contributed by atoms with Crippen LogP contribution >= 0.6 is 0 Å². The molecule has 2 atom stereocenters. The van der Waals surface area contributed by atoms with E-state index in [1.165, 1.54) is 0 Å². The molecule has 7 nitrogen and oxygen atoms in total. The fourth-order valence-corrected chi connectivity index (χ4v) is 4.82. The molecular formula is C21H28BN3O4. The Morgan fingerprint density at radius 1 is 1.28 bits per heavy atom. The lowest BCUT2D eigenvalue weighted by Gasteiger charge is -2.32. The Morgan fingerprint density at radius 3 is 2.66 bits per heavy atom. The summed E-state index contributed by atoms with van der Waals surface area (Å²) < 4.78 is 19.8. The molecule has 3 aliphatic rings. The molecule has 0 radical (unpaired) electrons. The standard InChI is InChI=1S/C21H28BN3O4/c1-19(2)20(3,4)29-22(28-19)21-8-10-24(13-14(21)11-21)18(26)15-12-23-25-9-6-7-16(27-5)17(15)25/h6-7,9,12,14H,8,10-11,13H2,1-5H3. The Bertz CT molecular complexity index is 971. The summed E-state index contributed by atoms with van der Waals surface area (Å²) in [5, 5.41) is 4.37. The van der Waals surface area contributed by atoms with Crippen LogP contribution < -0.4 is 4.74 Å². The van der Waals surface area contributed by atoms with Gasteiger partial charge in [-0.2, -0.15) is 5.10 Å². The summed E-state index contributed by atoms with van der Waals surface area (Å²) in [5.74, 6) is 1.08. The van der Waals surface area contributed by atoms with E-state index in [4.69, 9.17) is 14.0 Å². The van der Waals surface area contributed by atoms with Gasteiger partial charge in [0.05, 0.1) is 30.1 Å². The molecule has 1 aliphatic carbocycles. The van der Waals surface area contributed by atoms with Crippen LogP contribution in [0.5, 0.6) is 5.75 Å². The van der Waals surface area contributed by atoms with Crippen LogP contribution in [0.3, 0.4) is 0 Å². The highest BCUT2D eigenvalue weighted by Crippen LogP contribution is 2.69. The second kappa shape index (κ2) is 5.98. The number of pyridine rings is 1. The van der Waals surface area contributed by atoms with Crippen molar-refractivity contribution in [3.63, 3.8) is 0 Å². The van der Waals surface area contributed by atoms with Crippen molar-refractivity contribution in [2.45, 2.75) is 57.1 Å². The van der Waals surface area contributed by atoms with Crippen LogP contribution in [0.4, 0.5) is 0 Å². The first-order valence-corrected chi connectivity index (χ1v) is 10.3. The van der Waals surface area contributed by atoms with E-state index in [-0.39, 0.29) is 29.5 Å². The molecule has 3 fully saturated rings. The molecule has 2 aromatic heterocycles. The largest absolute Gasteiger partial charge is 0.494 e. The maximum atomic E-state index is 13.3. The summed E-state index contributed by atoms with van der Waals surface area (Å²) in [6, 6.07) is 3.71. The number of carbonyl (C=O) groups is 1. The van der Waals surface area contributed by atoms with Gasteiger partial charge in [-0.25, -0.2) is 4.52 Å². The molecule has 1 saturated carbocycles. The third-order valence-electron chi connectivity index (χ3n) is 7.53. The van der Waals surface area contributed by atoms with Gasteiger partial charge in [-0.05, 0) is 58.6 Å². The van der Waals surface area contributed by atoms with E-state index in [0.29, 0.717) is 23.8 Å². The first-order chi connectivity index (χ1) is 13.7. The summed E-state index contributed by atoms with van der Waals surface area (Å²) in [6.07, 6.45) is 5.42. The van der Waals surface area contributed by atoms with Crippen LogP contribution in [0.25, 0.3) is 5.52 Å². The molecular weight excluding hydrogens is 369 g/mol. The van der Waals surface area contributed by atoms with Gasteiger partial charge in [0.25, 0.3) is 5.91 Å². The highest BCUT2D eigenvalue weighted by Gasteiger charge is 2.70. The number of likely N-dealkylation sites (tertiary alicyclic amines) is 1. The van der Waals surface area contributed by atoms with E-state index in [1.54, 1.807) is 17.8 Å². The third-order valence-corrected chi connectivity index (χ3v) is 7.53. The van der Waals surface area contributed by atoms with Gasteiger partial charge in [0.2, 0.25) is 0 Å². The number of aromatic nitrogens is 2. The van der Waals surface area contributed by atoms with Crippen molar-refractivity contribution in [3.8, 4) is 5.75 Å². The molecule has 8 heteroatoms. The highest BCUT2D eigenvalue weighted by atomic mass is 16.7. The summed E-state index contributed by atoms with van der Waals surface area (Å²) in [4.78, 5) is 15.2. The van der Waals surface area contributed by atoms with Crippen LogP contribution in [0.15, 0.2) is 24.5 Å². The van der Waals surface area contributed by atoms with Gasteiger partial charge >= 0.3 is 7.12 Å². The maximum absolute atomic E-state index is 13.3. The summed E-state index contributed by atoms with van der Waals surface area (Å²) in [5.41, 5.74) is 0.671. The van der Waals surface area contributed by atoms with Crippen molar-refractivity contribution < 1.29 is 18.8 Å². The lowest BCUT2D eigenvalue weighted by molar-refractivity contribution is 0.00578. The van der Waals surface area contributed by atoms with E-state index in [9.17, 15) is 4.79 Å². The van der Waals surface area contributed by atoms with Crippen LogP contribution in [-0.4, -0.2) is 58.9 Å². The number of rotatable bonds is 3. The zero-order valence-corrected chi connectivity index (χ0v) is 17.8. The van der Waals surface area contributed by atoms with E-state index in [1.807, 2.05) is 23.2 Å². The molecule has 0 aromatic carbocycles. The predicted octanol–water partition coefficient (Wildman–Crippen LogP) is 3.04. The second-order valence-electron chi connectivity index (χ2n) is 9.65. The number of piperidine rings is 1. The number of methoxy groups -OCH3 is 1. The number of nitrogens with zero attached hydrogens (tertiary/aromatic N) is 3. The van der Waals surface area contributed by atoms with Crippen LogP contribution in [-0.2, 0) is 9.31 Å². The molecule has 0 spiro atoms. The molecule has 2 saturated heterocycles. The van der Waals surface area contributed by atoms with Crippen molar-refractivity contribution in [1.82, 2.24) is 14.5 Å². The number of hydrogen-bond donors (Lipinski definition) is 0. The molecule has 29 heavy (non-hydrogen) atoms. The van der Waals surface area contributed by atoms with Gasteiger partial charge in [-0.1, -0.05) is 0 Å². The van der Waals surface area contributed by atoms with Gasteiger partial charge in [0.1, 0.15) is 11.3 Å². The van der Waals surface area contributed by atoms with E-state index < -0.39 is 0 Å². The Labute approximate surface area is 171 Å². The molecule has 0 N–H and O–H groups in total. The van der Waals surface area contributed by atoms with Crippen LogP contribution in [0.1, 0.15) is 50.9 Å². The molecule has 154 valence electrons. The van der Waals surface area contributed by atoms with E-state index >= 15 is 0 Å². The molecule has 2 aliphatic heterocycles. The monoisotopic (exact) mass is 397 g/mol. The van der Waals surface area contributed by atoms with Gasteiger partial charge in [-0.15, -0.1) is 0 Å². The number of fused-ring (bicyclic) bond motifs is 2. The molecule has 4 heterocycles. The van der Waals surface area contributed by atoms with Gasteiger partial charge in [-0.3, -0.25) is 4.79 Å². The Morgan fingerprint density at radius 2 is 2.00 bits per heavy atom. The number of hydrogen-bond acceptors (Lipinski definition) is 5. The van der Waals surface area contributed by atoms with E-state index in [0.717, 1.165) is 24.9 Å². The van der Waals surface area contributed by atoms with Gasteiger partial charge in [0, 0.05) is 24.6 Å². The Hall–Kier alpha value is -2.06. The van der Waals surface area contributed by atoms with Gasteiger partial charge < -0.3 is 18.9 Å². The molecule has 5 rings (SSSR count). The van der Waals surface area contributed by atoms with Crippen molar-refractivity contribution in [2.75, 3.05) is 20.2 Å². The zero-order valence-electron chi connectivity index (χ0n) is 17.8. The fraction of sp³-hybridized carbons (Fsp3) is 0.619. The van der Waals surface area contributed by atoms with Crippen LogP contribution in [0.2, 0.25) is 5.31 Å². The smallest absolute Gasteiger partial charge is 0.464 e. The average Bonchev–Trinajstić information content (AvgIpc) is 3.19. The summed E-state index contributed by atoms with van der Waals surface area (Å²) >= 11 is 0. The zero-order chi connectivity index (χ0) is 20.6. The minimum absolute atomic E-state index is 0.0129. The molecule has 2 aromatic rings. The van der Waals surface area contributed by atoms with E-state index in [2.05, 4.69) is 32.8 Å². The minimum atomic E-state index is -0.319. The minimum Gasteiger partial charge on any atom is -0.494 e. The lowest BCUT2D eigenvalue weighted by Crippen LogP contribution is -2.42. The SMILES string of the molecule is COc1cccn2ncc(C(=O)N3CCC4(B5OC(C)(C)C(C)(C)O5)CC4C3)c12. The quantitative estimate of drug-likeness (QED) is 0.745. The lowest BCUT2D eigenvalue weighted by atomic mass is 9.63. The predicted molar refractivity (Wildman–Crippen MR) is 109 cm³/mol. The topological polar surface area (TPSA) is 65.3 Å². The van der Waals surface area contributed by atoms with Crippen molar-refractivity contribution >= 4 is 18.5 Å². The summed E-state index contributed by atoms with van der Waals surface area (Å²) in [7, 11) is 1.42. The second-order valence-corrected chi connectivity index (χ2v) is 9.65.